The topological polar surface area (TPSA) is 73.3 Å². The molecule has 0 aliphatic rings. The fourth-order valence-electron chi connectivity index (χ4n) is 1.79. The highest BCUT2D eigenvalue weighted by Gasteiger charge is 2.15. The molecule has 1 aromatic carbocycles. The third-order valence-electron chi connectivity index (χ3n) is 2.47. The van der Waals surface area contributed by atoms with Gasteiger partial charge in [0.1, 0.15) is 11.7 Å². The summed E-state index contributed by atoms with van der Waals surface area (Å²) < 4.78 is 13.6. The minimum Gasteiger partial charge on any atom is -0.395 e. The number of hydrogen-bond donors (Lipinski definition) is 3. The molecule has 0 heterocycles. The van der Waals surface area contributed by atoms with E-state index >= 15 is 0 Å². The number of halogens is 1. The van der Waals surface area contributed by atoms with Crippen LogP contribution in [0.2, 0.25) is 0 Å². The molecule has 0 spiro atoms. The van der Waals surface area contributed by atoms with Crippen molar-refractivity contribution >= 4 is 11.5 Å². The first kappa shape index (κ1) is 13.4. The molecule has 1 rings (SSSR count). The SMILES string of the molecule is CCCN(CCO)c1cccc(F)c1C(=N)N. The van der Waals surface area contributed by atoms with Crippen molar-refractivity contribution in [2.45, 2.75) is 13.3 Å². The molecule has 5 heteroatoms. The van der Waals surface area contributed by atoms with Crippen LogP contribution in [0.25, 0.3) is 0 Å². The molecule has 0 radical (unpaired) electrons. The van der Waals surface area contributed by atoms with E-state index in [0.717, 1.165) is 6.42 Å². The van der Waals surface area contributed by atoms with Crippen molar-refractivity contribution in [2.24, 2.45) is 5.73 Å². The Hall–Kier alpha value is -1.62. The molecule has 4 nitrogen and oxygen atoms in total. The summed E-state index contributed by atoms with van der Waals surface area (Å²) in [5, 5.41) is 16.4. The van der Waals surface area contributed by atoms with Crippen molar-refractivity contribution in [2.75, 3.05) is 24.6 Å². The fourth-order valence-corrected chi connectivity index (χ4v) is 1.79. The number of nitrogens with zero attached hydrogens (tertiary/aromatic N) is 1. The lowest BCUT2D eigenvalue weighted by Crippen LogP contribution is -2.30. The summed E-state index contributed by atoms with van der Waals surface area (Å²) in [5.74, 6) is -0.800. The third kappa shape index (κ3) is 3.17. The number of nitrogens with one attached hydrogen (secondary N) is 1. The molecule has 4 N–H and O–H groups in total. The predicted octanol–water partition coefficient (Wildman–Crippen LogP) is 1.32. The molecule has 0 amide bonds. The van der Waals surface area contributed by atoms with Crippen molar-refractivity contribution in [3.05, 3.63) is 29.6 Å². The van der Waals surface area contributed by atoms with E-state index in [4.69, 9.17) is 16.2 Å². The summed E-state index contributed by atoms with van der Waals surface area (Å²) in [6.07, 6.45) is 0.869. The van der Waals surface area contributed by atoms with Crippen molar-refractivity contribution in [3.8, 4) is 0 Å². The summed E-state index contributed by atoms with van der Waals surface area (Å²) in [4.78, 5) is 1.83. The lowest BCUT2D eigenvalue weighted by molar-refractivity contribution is 0.301. The number of aliphatic hydroxyl groups excluding tert-OH is 1. The van der Waals surface area contributed by atoms with Gasteiger partial charge >= 0.3 is 0 Å². The van der Waals surface area contributed by atoms with Crippen molar-refractivity contribution in [1.29, 1.82) is 5.41 Å². The molecule has 0 atom stereocenters. The molecule has 0 aliphatic carbocycles. The summed E-state index contributed by atoms with van der Waals surface area (Å²) in [6, 6.07) is 4.57. The van der Waals surface area contributed by atoms with E-state index in [1.54, 1.807) is 12.1 Å². The molecule has 1 aromatic rings. The number of anilines is 1. The highest BCUT2D eigenvalue weighted by molar-refractivity contribution is 6.00. The Bertz CT molecular complexity index is 389. The molecule has 0 aliphatic heterocycles. The monoisotopic (exact) mass is 239 g/mol. The maximum atomic E-state index is 13.6. The van der Waals surface area contributed by atoms with Gasteiger partial charge in [-0.05, 0) is 18.6 Å². The minimum atomic E-state index is -0.506. The quantitative estimate of drug-likeness (QED) is 0.518. The Morgan fingerprint density at radius 1 is 1.47 bits per heavy atom. The zero-order chi connectivity index (χ0) is 12.8. The number of nitrogen functional groups attached to an aromatic ring is 1. The van der Waals surface area contributed by atoms with Crippen LogP contribution in [0, 0.1) is 11.2 Å². The molecular formula is C12H18FN3O. The van der Waals surface area contributed by atoms with E-state index in [1.165, 1.54) is 6.07 Å². The second kappa shape index (κ2) is 6.20. The van der Waals surface area contributed by atoms with Crippen LogP contribution in [0.15, 0.2) is 18.2 Å². The van der Waals surface area contributed by atoms with E-state index in [1.807, 2.05) is 11.8 Å². The summed E-state index contributed by atoms with van der Waals surface area (Å²) in [7, 11) is 0. The molecule has 0 saturated heterocycles. The van der Waals surface area contributed by atoms with E-state index in [2.05, 4.69) is 0 Å². The summed E-state index contributed by atoms with van der Waals surface area (Å²) in [5.41, 5.74) is 6.07. The zero-order valence-electron chi connectivity index (χ0n) is 9.91. The van der Waals surface area contributed by atoms with Gasteiger partial charge < -0.3 is 15.7 Å². The van der Waals surface area contributed by atoms with Crippen LogP contribution in [0.4, 0.5) is 10.1 Å². The van der Waals surface area contributed by atoms with Crippen molar-refractivity contribution in [1.82, 2.24) is 0 Å². The second-order valence-corrected chi connectivity index (χ2v) is 3.76. The third-order valence-corrected chi connectivity index (χ3v) is 2.47. The highest BCUT2D eigenvalue weighted by atomic mass is 19.1. The van der Waals surface area contributed by atoms with E-state index in [9.17, 15) is 4.39 Å². The van der Waals surface area contributed by atoms with Crippen LogP contribution in [-0.4, -0.2) is 30.6 Å². The van der Waals surface area contributed by atoms with Crippen LogP contribution < -0.4 is 10.6 Å². The maximum absolute atomic E-state index is 13.6. The number of hydrogen-bond acceptors (Lipinski definition) is 3. The average Bonchev–Trinajstić information content (AvgIpc) is 2.28. The summed E-state index contributed by atoms with van der Waals surface area (Å²) >= 11 is 0. The van der Waals surface area contributed by atoms with Gasteiger partial charge in [0.15, 0.2) is 0 Å². The van der Waals surface area contributed by atoms with Crippen LogP contribution in [-0.2, 0) is 0 Å². The number of benzene rings is 1. The van der Waals surface area contributed by atoms with E-state index in [0.29, 0.717) is 18.8 Å². The van der Waals surface area contributed by atoms with Gasteiger partial charge in [-0.3, -0.25) is 5.41 Å². The van der Waals surface area contributed by atoms with E-state index in [-0.39, 0.29) is 18.0 Å². The Kier molecular flexibility index (Phi) is 4.90. The molecule has 0 aromatic heterocycles. The smallest absolute Gasteiger partial charge is 0.136 e. The van der Waals surface area contributed by atoms with Crippen molar-refractivity contribution in [3.63, 3.8) is 0 Å². The standard InChI is InChI=1S/C12H18FN3O/c1-2-6-16(7-8-17)10-5-3-4-9(13)11(10)12(14)15/h3-5,17H,2,6-8H2,1H3,(H3,14,15). The van der Waals surface area contributed by atoms with Crippen LogP contribution >= 0.6 is 0 Å². The van der Waals surface area contributed by atoms with Crippen LogP contribution in [0.1, 0.15) is 18.9 Å². The first-order valence-electron chi connectivity index (χ1n) is 5.60. The van der Waals surface area contributed by atoms with Gasteiger partial charge in [-0.1, -0.05) is 13.0 Å². The average molecular weight is 239 g/mol. The predicted molar refractivity (Wildman–Crippen MR) is 67.0 cm³/mol. The second-order valence-electron chi connectivity index (χ2n) is 3.76. The van der Waals surface area contributed by atoms with Gasteiger partial charge in [-0.25, -0.2) is 4.39 Å². The number of rotatable bonds is 6. The van der Waals surface area contributed by atoms with Gasteiger partial charge in [0, 0.05) is 13.1 Å². The largest absolute Gasteiger partial charge is 0.395 e. The van der Waals surface area contributed by atoms with Gasteiger partial charge in [-0.15, -0.1) is 0 Å². The Balaban J connectivity index is 3.17. The lowest BCUT2D eigenvalue weighted by atomic mass is 10.1. The number of nitrogens with two attached hydrogens (primary N) is 1. The normalized spacial score (nSPS) is 10.3. The lowest BCUT2D eigenvalue weighted by Gasteiger charge is -2.25. The Labute approximate surface area is 100 Å². The first-order chi connectivity index (χ1) is 8.11. The summed E-state index contributed by atoms with van der Waals surface area (Å²) in [6.45, 7) is 3.06. The first-order valence-corrected chi connectivity index (χ1v) is 5.60. The fraction of sp³-hybridized carbons (Fsp3) is 0.417. The number of amidine groups is 1. The maximum Gasteiger partial charge on any atom is 0.136 e. The van der Waals surface area contributed by atoms with Gasteiger partial charge in [-0.2, -0.15) is 0 Å². The minimum absolute atomic E-state index is 0.0200. The molecule has 0 fully saturated rings. The van der Waals surface area contributed by atoms with Crippen molar-refractivity contribution < 1.29 is 9.50 Å². The Morgan fingerprint density at radius 2 is 2.18 bits per heavy atom. The molecule has 0 bridgehead atoms. The Morgan fingerprint density at radius 3 is 2.71 bits per heavy atom. The molecule has 17 heavy (non-hydrogen) atoms. The van der Waals surface area contributed by atoms with Gasteiger partial charge in [0.25, 0.3) is 0 Å². The zero-order valence-corrected chi connectivity index (χ0v) is 9.91. The highest BCUT2D eigenvalue weighted by Crippen LogP contribution is 2.22. The van der Waals surface area contributed by atoms with E-state index < -0.39 is 5.82 Å². The molecular weight excluding hydrogens is 221 g/mol. The van der Waals surface area contributed by atoms with Crippen LogP contribution in [0.3, 0.4) is 0 Å². The molecule has 94 valence electrons. The number of aliphatic hydroxyl groups is 1. The van der Waals surface area contributed by atoms with Gasteiger partial charge in [0.05, 0.1) is 17.9 Å². The molecule has 0 saturated carbocycles. The van der Waals surface area contributed by atoms with Gasteiger partial charge in [0.2, 0.25) is 0 Å². The van der Waals surface area contributed by atoms with Crippen LogP contribution in [0.5, 0.6) is 0 Å². The molecule has 0 unspecified atom stereocenters.